The van der Waals surface area contributed by atoms with Crippen LogP contribution in [0.2, 0.25) is 0 Å². The van der Waals surface area contributed by atoms with Gasteiger partial charge in [-0.2, -0.15) is 0 Å². The van der Waals surface area contributed by atoms with E-state index in [1.54, 1.807) is 0 Å². The average Bonchev–Trinajstić information content (AvgIpc) is 2.85. The fourth-order valence-corrected chi connectivity index (χ4v) is 4.39. The van der Waals surface area contributed by atoms with E-state index in [0.717, 1.165) is 58.7 Å². The molecule has 3 aromatic carbocycles. The lowest BCUT2D eigenvalue weighted by Gasteiger charge is -2.29. The Kier molecular flexibility index (Phi) is 7.28. The van der Waals surface area contributed by atoms with Crippen molar-refractivity contribution in [3.63, 3.8) is 0 Å². The van der Waals surface area contributed by atoms with Gasteiger partial charge in [0, 0.05) is 36.6 Å². The summed E-state index contributed by atoms with van der Waals surface area (Å²) < 4.78 is 0. The number of hydrogen-bond acceptors (Lipinski definition) is 4. The molecule has 1 unspecified atom stereocenters. The third-order valence-electron chi connectivity index (χ3n) is 6.28. The van der Waals surface area contributed by atoms with Crippen LogP contribution in [0.15, 0.2) is 66.7 Å². The lowest BCUT2D eigenvalue weighted by atomic mass is 10.0. The van der Waals surface area contributed by atoms with Crippen LogP contribution in [-0.2, 0) is 16.1 Å². The number of nitrogens with zero attached hydrogens (tertiary/aromatic N) is 1. The van der Waals surface area contributed by atoms with Gasteiger partial charge in [0.15, 0.2) is 0 Å². The van der Waals surface area contributed by atoms with E-state index in [-0.39, 0.29) is 11.8 Å². The molecule has 0 radical (unpaired) electrons. The SMILES string of the molecule is Cc1cc(N2CCCCC2=O)c(C)cc1NC(=O)C(Nc1cccc(CN)c1)c1ccccc1. The van der Waals surface area contributed by atoms with Crippen molar-refractivity contribution in [2.75, 3.05) is 22.1 Å². The van der Waals surface area contributed by atoms with E-state index in [1.807, 2.05) is 85.5 Å². The van der Waals surface area contributed by atoms with Crippen molar-refractivity contribution >= 4 is 28.9 Å². The van der Waals surface area contributed by atoms with Crippen LogP contribution < -0.4 is 21.3 Å². The number of nitrogens with two attached hydrogens (primary N) is 1. The standard InChI is InChI=1S/C28H32N4O2/c1-19-16-25(32-14-7-6-13-26(32)33)20(2)15-24(19)31-28(34)27(22-10-4-3-5-11-22)30-23-12-8-9-21(17-23)18-29/h3-5,8-12,15-17,27,30H,6-7,13-14,18,29H2,1-2H3,(H,31,34). The summed E-state index contributed by atoms with van der Waals surface area (Å²) in [7, 11) is 0. The van der Waals surface area contributed by atoms with Gasteiger partial charge in [0.25, 0.3) is 5.91 Å². The molecule has 1 fully saturated rings. The summed E-state index contributed by atoms with van der Waals surface area (Å²) in [5.41, 5.74) is 12.0. The minimum Gasteiger partial charge on any atom is -0.370 e. The van der Waals surface area contributed by atoms with Crippen molar-refractivity contribution in [3.05, 3.63) is 89.0 Å². The number of piperidine rings is 1. The van der Waals surface area contributed by atoms with Gasteiger partial charge >= 0.3 is 0 Å². The topological polar surface area (TPSA) is 87.5 Å². The summed E-state index contributed by atoms with van der Waals surface area (Å²) in [6.07, 6.45) is 2.55. The van der Waals surface area contributed by atoms with Crippen LogP contribution in [0.25, 0.3) is 0 Å². The number of anilines is 3. The third-order valence-corrected chi connectivity index (χ3v) is 6.28. The van der Waals surface area contributed by atoms with Crippen molar-refractivity contribution in [2.24, 2.45) is 5.73 Å². The molecule has 176 valence electrons. The molecule has 4 rings (SSSR count). The van der Waals surface area contributed by atoms with Crippen LogP contribution >= 0.6 is 0 Å². The van der Waals surface area contributed by atoms with Gasteiger partial charge in [-0.3, -0.25) is 9.59 Å². The number of hydrogen-bond donors (Lipinski definition) is 3. The molecule has 0 aliphatic carbocycles. The highest BCUT2D eigenvalue weighted by atomic mass is 16.2. The minimum atomic E-state index is -0.586. The largest absolute Gasteiger partial charge is 0.370 e. The molecule has 4 N–H and O–H groups in total. The maximum absolute atomic E-state index is 13.5. The van der Waals surface area contributed by atoms with E-state index in [9.17, 15) is 9.59 Å². The van der Waals surface area contributed by atoms with E-state index in [1.165, 1.54) is 0 Å². The zero-order valence-corrected chi connectivity index (χ0v) is 19.8. The summed E-state index contributed by atoms with van der Waals surface area (Å²) >= 11 is 0. The Balaban J connectivity index is 1.59. The van der Waals surface area contributed by atoms with Gasteiger partial charge in [0.2, 0.25) is 5.91 Å². The Morgan fingerprint density at radius 3 is 2.53 bits per heavy atom. The summed E-state index contributed by atoms with van der Waals surface area (Å²) in [6, 6.07) is 20.8. The molecule has 34 heavy (non-hydrogen) atoms. The molecule has 0 bridgehead atoms. The fraction of sp³-hybridized carbons (Fsp3) is 0.286. The van der Waals surface area contributed by atoms with Gasteiger partial charge in [-0.1, -0.05) is 42.5 Å². The van der Waals surface area contributed by atoms with Gasteiger partial charge in [-0.05, 0) is 73.2 Å². The number of aryl methyl sites for hydroxylation is 2. The average molecular weight is 457 g/mol. The van der Waals surface area contributed by atoms with Gasteiger partial charge in [-0.25, -0.2) is 0 Å². The molecular formula is C28H32N4O2. The van der Waals surface area contributed by atoms with Gasteiger partial charge in [0.05, 0.1) is 0 Å². The maximum atomic E-state index is 13.5. The van der Waals surface area contributed by atoms with Crippen molar-refractivity contribution < 1.29 is 9.59 Å². The highest BCUT2D eigenvalue weighted by molar-refractivity contribution is 5.99. The Morgan fingerprint density at radius 1 is 1.00 bits per heavy atom. The number of rotatable bonds is 7. The smallest absolute Gasteiger partial charge is 0.251 e. The summed E-state index contributed by atoms with van der Waals surface area (Å²) in [5.74, 6) is 0.00670. The van der Waals surface area contributed by atoms with Crippen molar-refractivity contribution in [2.45, 2.75) is 45.7 Å². The van der Waals surface area contributed by atoms with Gasteiger partial charge < -0.3 is 21.3 Å². The summed E-state index contributed by atoms with van der Waals surface area (Å²) in [5, 5.41) is 6.48. The molecule has 0 spiro atoms. The molecular weight excluding hydrogens is 424 g/mol. The van der Waals surface area contributed by atoms with E-state index < -0.39 is 6.04 Å². The van der Waals surface area contributed by atoms with E-state index in [4.69, 9.17) is 5.73 Å². The van der Waals surface area contributed by atoms with Crippen LogP contribution in [0.1, 0.15) is 47.6 Å². The van der Waals surface area contributed by atoms with E-state index >= 15 is 0 Å². The first kappa shape index (κ1) is 23.5. The quantitative estimate of drug-likeness (QED) is 0.463. The number of amides is 2. The zero-order valence-electron chi connectivity index (χ0n) is 19.8. The second kappa shape index (κ2) is 10.5. The van der Waals surface area contributed by atoms with Crippen LogP contribution in [0, 0.1) is 13.8 Å². The monoisotopic (exact) mass is 456 g/mol. The van der Waals surface area contributed by atoms with Crippen molar-refractivity contribution in [3.8, 4) is 0 Å². The molecule has 0 aromatic heterocycles. The maximum Gasteiger partial charge on any atom is 0.251 e. The van der Waals surface area contributed by atoms with Crippen LogP contribution in [0.5, 0.6) is 0 Å². The normalized spacial score (nSPS) is 14.6. The highest BCUT2D eigenvalue weighted by Crippen LogP contribution is 2.31. The second-order valence-electron chi connectivity index (χ2n) is 8.84. The summed E-state index contributed by atoms with van der Waals surface area (Å²) in [6.45, 7) is 5.12. The Hall–Kier alpha value is -3.64. The Morgan fingerprint density at radius 2 is 1.79 bits per heavy atom. The minimum absolute atomic E-state index is 0.159. The molecule has 6 heteroatoms. The number of nitrogens with one attached hydrogen (secondary N) is 2. The van der Waals surface area contributed by atoms with Crippen molar-refractivity contribution in [1.82, 2.24) is 0 Å². The first-order valence-electron chi connectivity index (χ1n) is 11.8. The van der Waals surface area contributed by atoms with Gasteiger partial charge in [-0.15, -0.1) is 0 Å². The molecule has 3 aromatic rings. The lowest BCUT2D eigenvalue weighted by molar-refractivity contribution is -0.119. The summed E-state index contributed by atoms with van der Waals surface area (Å²) in [4.78, 5) is 27.8. The van der Waals surface area contributed by atoms with E-state index in [2.05, 4.69) is 10.6 Å². The van der Waals surface area contributed by atoms with Crippen LogP contribution in [0.4, 0.5) is 17.1 Å². The number of carbonyl (C=O) groups is 2. The molecule has 0 saturated carbocycles. The number of benzene rings is 3. The molecule has 1 aliphatic rings. The molecule has 1 saturated heterocycles. The highest BCUT2D eigenvalue weighted by Gasteiger charge is 2.24. The molecule has 6 nitrogen and oxygen atoms in total. The second-order valence-corrected chi connectivity index (χ2v) is 8.84. The van der Waals surface area contributed by atoms with Crippen LogP contribution in [0.3, 0.4) is 0 Å². The van der Waals surface area contributed by atoms with Crippen LogP contribution in [-0.4, -0.2) is 18.4 Å². The van der Waals surface area contributed by atoms with Gasteiger partial charge in [0.1, 0.15) is 6.04 Å². The Bertz CT molecular complexity index is 1180. The predicted octanol–water partition coefficient (Wildman–Crippen LogP) is 5.07. The number of carbonyl (C=O) groups excluding carboxylic acids is 2. The third kappa shape index (κ3) is 5.29. The molecule has 1 heterocycles. The lowest BCUT2D eigenvalue weighted by Crippen LogP contribution is -2.35. The first-order chi connectivity index (χ1) is 16.5. The fourth-order valence-electron chi connectivity index (χ4n) is 4.39. The molecule has 1 atom stereocenters. The molecule has 1 aliphatic heterocycles. The van der Waals surface area contributed by atoms with Crippen molar-refractivity contribution in [1.29, 1.82) is 0 Å². The predicted molar refractivity (Wildman–Crippen MR) is 138 cm³/mol. The first-order valence-corrected chi connectivity index (χ1v) is 11.8. The van der Waals surface area contributed by atoms with E-state index in [0.29, 0.717) is 13.0 Å². The molecule has 2 amide bonds. The zero-order chi connectivity index (χ0) is 24.1. The Labute approximate surface area is 201 Å².